The highest BCUT2D eigenvalue weighted by atomic mass is 16.3. The van der Waals surface area contributed by atoms with E-state index in [9.17, 15) is 0 Å². The summed E-state index contributed by atoms with van der Waals surface area (Å²) in [4.78, 5) is 2.01. The van der Waals surface area contributed by atoms with Gasteiger partial charge in [0.2, 0.25) is 0 Å². The van der Waals surface area contributed by atoms with E-state index in [2.05, 4.69) is 5.92 Å². The van der Waals surface area contributed by atoms with Crippen molar-refractivity contribution in [2.75, 3.05) is 18.5 Å². The van der Waals surface area contributed by atoms with Crippen molar-refractivity contribution in [2.24, 2.45) is 0 Å². The molecule has 0 aliphatic rings. The summed E-state index contributed by atoms with van der Waals surface area (Å²) < 4.78 is 0. The lowest BCUT2D eigenvalue weighted by Crippen LogP contribution is -2.18. The molecular weight excluding hydrogens is 174 g/mol. The van der Waals surface area contributed by atoms with Gasteiger partial charge >= 0.3 is 0 Å². The standard InChI is InChI=1S/C12H15NO/c1-4-7-13(3)12-6-5-11(9-14)8-10(12)2/h1,5-6,8,14H,7,9H2,2-3H3. The first-order valence-electron chi connectivity index (χ1n) is 4.54. The van der Waals surface area contributed by atoms with Gasteiger partial charge in [0.05, 0.1) is 13.2 Å². The molecule has 2 nitrogen and oxygen atoms in total. The minimum absolute atomic E-state index is 0.0833. The SMILES string of the molecule is C#CCN(C)c1ccc(CO)cc1C. The number of anilines is 1. The Bertz CT molecular complexity index is 352. The number of aliphatic hydroxyl groups is 1. The fourth-order valence-corrected chi connectivity index (χ4v) is 1.47. The molecular formula is C12H15NO. The number of rotatable bonds is 3. The van der Waals surface area contributed by atoms with Crippen LogP contribution in [0, 0.1) is 19.3 Å². The Balaban J connectivity index is 2.94. The van der Waals surface area contributed by atoms with Crippen LogP contribution in [-0.2, 0) is 6.61 Å². The molecule has 1 rings (SSSR count). The molecule has 0 unspecified atom stereocenters. The summed E-state index contributed by atoms with van der Waals surface area (Å²) in [6, 6.07) is 5.87. The maximum atomic E-state index is 8.95. The van der Waals surface area contributed by atoms with E-state index in [0.29, 0.717) is 6.54 Å². The third kappa shape index (κ3) is 2.27. The van der Waals surface area contributed by atoms with Crippen molar-refractivity contribution in [2.45, 2.75) is 13.5 Å². The van der Waals surface area contributed by atoms with Crippen LogP contribution in [-0.4, -0.2) is 18.7 Å². The third-order valence-corrected chi connectivity index (χ3v) is 2.18. The fraction of sp³-hybridized carbons (Fsp3) is 0.333. The van der Waals surface area contributed by atoms with Crippen LogP contribution in [0.15, 0.2) is 18.2 Å². The normalized spacial score (nSPS) is 9.57. The van der Waals surface area contributed by atoms with Crippen LogP contribution in [0.25, 0.3) is 0 Å². The molecule has 0 saturated carbocycles. The first kappa shape index (κ1) is 10.6. The van der Waals surface area contributed by atoms with E-state index in [4.69, 9.17) is 11.5 Å². The van der Waals surface area contributed by atoms with Crippen LogP contribution in [0.5, 0.6) is 0 Å². The molecule has 0 aliphatic carbocycles. The van der Waals surface area contributed by atoms with Crippen LogP contribution >= 0.6 is 0 Å². The first-order valence-corrected chi connectivity index (χ1v) is 4.54. The number of aryl methyl sites for hydroxylation is 1. The lowest BCUT2D eigenvalue weighted by molar-refractivity contribution is 0.282. The molecule has 0 bridgehead atoms. The number of hydrogen-bond acceptors (Lipinski definition) is 2. The maximum Gasteiger partial charge on any atom is 0.0788 e. The average molecular weight is 189 g/mol. The second kappa shape index (κ2) is 4.69. The van der Waals surface area contributed by atoms with Gasteiger partial charge in [0.1, 0.15) is 0 Å². The van der Waals surface area contributed by atoms with Gasteiger partial charge in [0, 0.05) is 12.7 Å². The molecule has 2 heteroatoms. The Morgan fingerprint density at radius 3 is 2.71 bits per heavy atom. The zero-order valence-electron chi connectivity index (χ0n) is 8.62. The van der Waals surface area contributed by atoms with Crippen LogP contribution in [0.3, 0.4) is 0 Å². The molecule has 14 heavy (non-hydrogen) atoms. The Hall–Kier alpha value is -1.46. The highest BCUT2D eigenvalue weighted by Gasteiger charge is 2.03. The van der Waals surface area contributed by atoms with E-state index in [0.717, 1.165) is 16.8 Å². The molecule has 0 saturated heterocycles. The van der Waals surface area contributed by atoms with Crippen molar-refractivity contribution in [1.29, 1.82) is 0 Å². The molecule has 0 heterocycles. The van der Waals surface area contributed by atoms with Gasteiger partial charge in [-0.05, 0) is 24.1 Å². The van der Waals surface area contributed by atoms with E-state index in [-0.39, 0.29) is 6.61 Å². The van der Waals surface area contributed by atoms with Crippen molar-refractivity contribution in [1.82, 2.24) is 0 Å². The Kier molecular flexibility index (Phi) is 3.55. The molecule has 0 aliphatic heterocycles. The highest BCUT2D eigenvalue weighted by Crippen LogP contribution is 2.19. The maximum absolute atomic E-state index is 8.95. The van der Waals surface area contributed by atoms with Gasteiger partial charge in [-0.25, -0.2) is 0 Å². The number of hydrogen-bond donors (Lipinski definition) is 1. The van der Waals surface area contributed by atoms with Gasteiger partial charge in [-0.15, -0.1) is 6.42 Å². The van der Waals surface area contributed by atoms with Gasteiger partial charge in [-0.3, -0.25) is 0 Å². The molecule has 1 aromatic rings. The van der Waals surface area contributed by atoms with E-state index in [1.807, 2.05) is 37.1 Å². The Morgan fingerprint density at radius 2 is 2.21 bits per heavy atom. The largest absolute Gasteiger partial charge is 0.392 e. The first-order chi connectivity index (χ1) is 6.69. The van der Waals surface area contributed by atoms with Crippen LogP contribution in [0.1, 0.15) is 11.1 Å². The average Bonchev–Trinajstić information content (AvgIpc) is 2.17. The van der Waals surface area contributed by atoms with Gasteiger partial charge in [-0.1, -0.05) is 18.1 Å². The van der Waals surface area contributed by atoms with Gasteiger partial charge < -0.3 is 10.0 Å². The minimum Gasteiger partial charge on any atom is -0.392 e. The molecule has 0 aromatic heterocycles. The summed E-state index contributed by atoms with van der Waals surface area (Å²) in [5.74, 6) is 2.60. The lowest BCUT2D eigenvalue weighted by Gasteiger charge is -2.19. The van der Waals surface area contributed by atoms with Gasteiger partial charge in [0.15, 0.2) is 0 Å². The number of nitrogens with zero attached hydrogens (tertiary/aromatic N) is 1. The predicted molar refractivity (Wildman–Crippen MR) is 59.2 cm³/mol. The van der Waals surface area contributed by atoms with Crippen molar-refractivity contribution < 1.29 is 5.11 Å². The van der Waals surface area contributed by atoms with Crippen molar-refractivity contribution >= 4 is 5.69 Å². The monoisotopic (exact) mass is 189 g/mol. The summed E-state index contributed by atoms with van der Waals surface area (Å²) in [5.41, 5.74) is 3.18. The quantitative estimate of drug-likeness (QED) is 0.729. The molecule has 0 radical (unpaired) electrons. The zero-order valence-corrected chi connectivity index (χ0v) is 8.62. The highest BCUT2D eigenvalue weighted by molar-refractivity contribution is 5.54. The van der Waals surface area contributed by atoms with E-state index < -0.39 is 0 Å². The third-order valence-electron chi connectivity index (χ3n) is 2.18. The molecule has 0 amide bonds. The second-order valence-corrected chi connectivity index (χ2v) is 3.34. The summed E-state index contributed by atoms with van der Waals surface area (Å²) in [5, 5.41) is 8.95. The van der Waals surface area contributed by atoms with E-state index >= 15 is 0 Å². The fourth-order valence-electron chi connectivity index (χ4n) is 1.47. The second-order valence-electron chi connectivity index (χ2n) is 3.34. The number of benzene rings is 1. The summed E-state index contributed by atoms with van der Waals surface area (Å²) in [6.07, 6.45) is 5.24. The van der Waals surface area contributed by atoms with Crippen LogP contribution in [0.4, 0.5) is 5.69 Å². The van der Waals surface area contributed by atoms with Crippen LogP contribution < -0.4 is 4.90 Å². The van der Waals surface area contributed by atoms with Crippen molar-refractivity contribution in [3.05, 3.63) is 29.3 Å². The summed E-state index contributed by atoms with van der Waals surface area (Å²) >= 11 is 0. The number of aliphatic hydroxyl groups excluding tert-OH is 1. The molecule has 0 fully saturated rings. The Morgan fingerprint density at radius 1 is 1.50 bits per heavy atom. The van der Waals surface area contributed by atoms with Crippen molar-refractivity contribution in [3.63, 3.8) is 0 Å². The molecule has 0 spiro atoms. The topological polar surface area (TPSA) is 23.5 Å². The smallest absolute Gasteiger partial charge is 0.0788 e. The number of terminal acetylenes is 1. The Labute approximate surface area is 85.2 Å². The zero-order chi connectivity index (χ0) is 10.6. The summed E-state index contributed by atoms with van der Waals surface area (Å²) in [7, 11) is 1.96. The van der Waals surface area contributed by atoms with Crippen molar-refractivity contribution in [3.8, 4) is 12.3 Å². The van der Waals surface area contributed by atoms with Crippen LogP contribution in [0.2, 0.25) is 0 Å². The molecule has 74 valence electrons. The molecule has 0 atom stereocenters. The summed E-state index contributed by atoms with van der Waals surface area (Å²) in [6.45, 7) is 2.70. The lowest BCUT2D eigenvalue weighted by atomic mass is 10.1. The minimum atomic E-state index is 0.0833. The molecule has 1 aromatic carbocycles. The predicted octanol–water partition coefficient (Wildman–Crippen LogP) is 1.56. The van der Waals surface area contributed by atoms with E-state index in [1.54, 1.807) is 0 Å². The van der Waals surface area contributed by atoms with Gasteiger partial charge in [0.25, 0.3) is 0 Å². The van der Waals surface area contributed by atoms with E-state index in [1.165, 1.54) is 0 Å². The molecule has 1 N–H and O–H groups in total. The van der Waals surface area contributed by atoms with Gasteiger partial charge in [-0.2, -0.15) is 0 Å².